The van der Waals surface area contributed by atoms with Gasteiger partial charge in [-0.2, -0.15) is 13.2 Å². The van der Waals surface area contributed by atoms with Crippen molar-refractivity contribution in [2.75, 3.05) is 5.32 Å². The second kappa shape index (κ2) is 6.29. The van der Waals surface area contributed by atoms with Crippen molar-refractivity contribution < 1.29 is 23.1 Å². The lowest BCUT2D eigenvalue weighted by Crippen LogP contribution is -2.14. The molecule has 0 saturated carbocycles. The van der Waals surface area contributed by atoms with Crippen molar-refractivity contribution in [2.45, 2.75) is 6.18 Å². The van der Waals surface area contributed by atoms with E-state index in [0.717, 1.165) is 23.6 Å². The Morgan fingerprint density at radius 1 is 1.00 bits per heavy atom. The summed E-state index contributed by atoms with van der Waals surface area (Å²) in [6.45, 7) is 0. The first-order chi connectivity index (χ1) is 11.8. The van der Waals surface area contributed by atoms with E-state index < -0.39 is 17.6 Å². The maximum atomic E-state index is 12.8. The summed E-state index contributed by atoms with van der Waals surface area (Å²) in [7, 11) is 0. The minimum absolute atomic E-state index is 0.0402. The summed E-state index contributed by atoms with van der Waals surface area (Å²) < 4.78 is 38.4. The van der Waals surface area contributed by atoms with Gasteiger partial charge in [-0.3, -0.25) is 4.79 Å². The first kappa shape index (κ1) is 17.1. The number of hydrogen-bond acceptors (Lipinski definition) is 2. The average molecular weight is 366 g/mol. The molecule has 7 heteroatoms. The molecule has 0 radical (unpaired) electrons. The molecule has 0 atom stereocenters. The molecule has 3 rings (SSSR count). The van der Waals surface area contributed by atoms with Gasteiger partial charge in [0.1, 0.15) is 5.75 Å². The predicted molar refractivity (Wildman–Crippen MR) is 90.0 cm³/mol. The predicted octanol–water partition coefficient (Wildman–Crippen LogP) is 5.47. The number of carbonyl (C=O) groups excluding carboxylic acids is 1. The number of halogens is 4. The zero-order chi connectivity index (χ0) is 18.2. The summed E-state index contributed by atoms with van der Waals surface area (Å²) in [6, 6.07) is 12.6. The van der Waals surface area contributed by atoms with Crippen molar-refractivity contribution in [3.63, 3.8) is 0 Å². The van der Waals surface area contributed by atoms with E-state index in [-0.39, 0.29) is 22.0 Å². The van der Waals surface area contributed by atoms with Crippen molar-refractivity contribution in [3.8, 4) is 5.75 Å². The van der Waals surface area contributed by atoms with E-state index >= 15 is 0 Å². The van der Waals surface area contributed by atoms with Gasteiger partial charge in [-0.05, 0) is 41.1 Å². The van der Waals surface area contributed by atoms with E-state index in [2.05, 4.69) is 5.32 Å². The molecule has 0 fully saturated rings. The van der Waals surface area contributed by atoms with Crippen LogP contribution in [0.15, 0.2) is 54.6 Å². The number of hydrogen-bond donors (Lipinski definition) is 2. The third kappa shape index (κ3) is 3.53. The first-order valence-corrected chi connectivity index (χ1v) is 7.53. The Balaban J connectivity index is 1.96. The number of aromatic hydroxyl groups is 1. The smallest absolute Gasteiger partial charge is 0.416 e. The number of benzene rings is 3. The topological polar surface area (TPSA) is 49.3 Å². The van der Waals surface area contributed by atoms with E-state index in [0.29, 0.717) is 5.39 Å². The molecular formula is C18H11ClF3NO2. The number of fused-ring (bicyclic) bond motifs is 1. The van der Waals surface area contributed by atoms with E-state index in [1.54, 1.807) is 24.3 Å². The second-order valence-electron chi connectivity index (χ2n) is 5.36. The zero-order valence-electron chi connectivity index (χ0n) is 12.6. The highest BCUT2D eigenvalue weighted by atomic mass is 35.5. The van der Waals surface area contributed by atoms with Gasteiger partial charge in [0.2, 0.25) is 0 Å². The number of phenolic OH excluding ortho intramolecular Hbond substituents is 1. The molecule has 3 nitrogen and oxygen atoms in total. The molecule has 0 aliphatic carbocycles. The van der Waals surface area contributed by atoms with Crippen LogP contribution in [-0.4, -0.2) is 11.0 Å². The van der Waals surface area contributed by atoms with E-state index in [9.17, 15) is 23.1 Å². The fourth-order valence-electron chi connectivity index (χ4n) is 2.40. The van der Waals surface area contributed by atoms with Gasteiger partial charge in [-0.15, -0.1) is 0 Å². The number of phenols is 1. The molecule has 3 aromatic rings. The molecule has 1 amide bonds. The van der Waals surface area contributed by atoms with Crippen molar-refractivity contribution in [3.05, 3.63) is 70.7 Å². The monoisotopic (exact) mass is 365 g/mol. The van der Waals surface area contributed by atoms with Crippen LogP contribution >= 0.6 is 11.6 Å². The summed E-state index contributed by atoms with van der Waals surface area (Å²) in [5, 5.41) is 13.7. The van der Waals surface area contributed by atoms with Gasteiger partial charge in [0, 0.05) is 0 Å². The van der Waals surface area contributed by atoms with E-state index in [4.69, 9.17) is 11.6 Å². The summed E-state index contributed by atoms with van der Waals surface area (Å²) in [5.74, 6) is -1.04. The molecule has 0 heterocycles. The van der Waals surface area contributed by atoms with Crippen LogP contribution < -0.4 is 5.32 Å². The van der Waals surface area contributed by atoms with Gasteiger partial charge in [-0.25, -0.2) is 0 Å². The molecule has 0 bridgehead atoms. The number of nitrogens with one attached hydrogen (secondary N) is 1. The lowest BCUT2D eigenvalue weighted by atomic mass is 10.1. The largest absolute Gasteiger partial charge is 0.507 e. The minimum atomic E-state index is -4.56. The van der Waals surface area contributed by atoms with Gasteiger partial charge in [0.05, 0.1) is 21.8 Å². The number of anilines is 1. The van der Waals surface area contributed by atoms with Crippen molar-refractivity contribution >= 4 is 34.0 Å². The van der Waals surface area contributed by atoms with Crippen molar-refractivity contribution in [2.24, 2.45) is 0 Å². The highest BCUT2D eigenvalue weighted by Crippen LogP contribution is 2.34. The molecule has 0 unspecified atom stereocenters. The fraction of sp³-hybridized carbons (Fsp3) is 0.0556. The van der Waals surface area contributed by atoms with Gasteiger partial charge in [0.15, 0.2) is 0 Å². The Hall–Kier alpha value is -2.73. The molecule has 128 valence electrons. The van der Waals surface area contributed by atoms with Gasteiger partial charge >= 0.3 is 6.18 Å². The number of amides is 1. The maximum absolute atomic E-state index is 12.8. The van der Waals surface area contributed by atoms with Crippen LogP contribution in [0.3, 0.4) is 0 Å². The highest BCUT2D eigenvalue weighted by Gasteiger charge is 2.31. The average Bonchev–Trinajstić information content (AvgIpc) is 2.55. The standard InChI is InChI=1S/C18H11ClF3NO2/c19-14-6-5-12(18(20,21)22)9-15(14)23-17(25)13-7-10-3-1-2-4-11(10)8-16(13)24/h1-9,24H,(H,23,25). The number of carbonyl (C=O) groups is 1. The van der Waals surface area contributed by atoms with Gasteiger partial charge < -0.3 is 10.4 Å². The van der Waals surface area contributed by atoms with Crippen LogP contribution in [0.25, 0.3) is 10.8 Å². The van der Waals surface area contributed by atoms with E-state index in [1.165, 1.54) is 12.1 Å². The Kier molecular flexibility index (Phi) is 4.30. The van der Waals surface area contributed by atoms with Crippen LogP contribution in [-0.2, 0) is 6.18 Å². The summed E-state index contributed by atoms with van der Waals surface area (Å²) in [5.41, 5.74) is -1.18. The van der Waals surface area contributed by atoms with Crippen LogP contribution in [0.1, 0.15) is 15.9 Å². The number of alkyl halides is 3. The molecule has 0 spiro atoms. The maximum Gasteiger partial charge on any atom is 0.416 e. The number of rotatable bonds is 2. The molecule has 3 aromatic carbocycles. The Morgan fingerprint density at radius 2 is 1.64 bits per heavy atom. The van der Waals surface area contributed by atoms with Gasteiger partial charge in [-0.1, -0.05) is 35.9 Å². The minimum Gasteiger partial charge on any atom is -0.507 e. The molecule has 25 heavy (non-hydrogen) atoms. The van der Waals surface area contributed by atoms with Crippen LogP contribution in [0, 0.1) is 0 Å². The molecule has 0 aliphatic heterocycles. The summed E-state index contributed by atoms with van der Waals surface area (Å²) in [6.07, 6.45) is -4.56. The quantitative estimate of drug-likeness (QED) is 0.632. The van der Waals surface area contributed by atoms with Crippen LogP contribution in [0.2, 0.25) is 5.02 Å². The van der Waals surface area contributed by atoms with Gasteiger partial charge in [0.25, 0.3) is 5.91 Å². The third-order valence-corrected chi connectivity index (χ3v) is 3.98. The Bertz CT molecular complexity index is 970. The van der Waals surface area contributed by atoms with Crippen LogP contribution in [0.4, 0.5) is 18.9 Å². The summed E-state index contributed by atoms with van der Waals surface area (Å²) in [4.78, 5) is 12.4. The van der Waals surface area contributed by atoms with Crippen molar-refractivity contribution in [1.82, 2.24) is 0 Å². The summed E-state index contributed by atoms with van der Waals surface area (Å²) >= 11 is 5.87. The Morgan fingerprint density at radius 3 is 2.28 bits per heavy atom. The molecule has 2 N–H and O–H groups in total. The molecule has 0 saturated heterocycles. The highest BCUT2D eigenvalue weighted by molar-refractivity contribution is 6.34. The second-order valence-corrected chi connectivity index (χ2v) is 5.77. The lowest BCUT2D eigenvalue weighted by Gasteiger charge is -2.12. The van der Waals surface area contributed by atoms with Crippen molar-refractivity contribution in [1.29, 1.82) is 0 Å². The normalized spacial score (nSPS) is 11.5. The first-order valence-electron chi connectivity index (χ1n) is 7.15. The molecule has 0 aliphatic rings. The Labute approximate surface area is 145 Å². The zero-order valence-corrected chi connectivity index (χ0v) is 13.3. The molecular weight excluding hydrogens is 355 g/mol. The SMILES string of the molecule is O=C(Nc1cc(C(F)(F)F)ccc1Cl)c1cc2ccccc2cc1O. The fourth-order valence-corrected chi connectivity index (χ4v) is 2.56. The molecule has 0 aromatic heterocycles. The van der Waals surface area contributed by atoms with Crippen LogP contribution in [0.5, 0.6) is 5.75 Å². The lowest BCUT2D eigenvalue weighted by molar-refractivity contribution is -0.137. The third-order valence-electron chi connectivity index (χ3n) is 3.65. The van der Waals surface area contributed by atoms with E-state index in [1.807, 2.05) is 0 Å².